The SMILES string of the molecule is COCCn1c(SCC(=O)Nc2ccc(F)cc2)nc2cccnc21. The van der Waals surface area contributed by atoms with Gasteiger partial charge in [-0.05, 0) is 36.4 Å². The van der Waals surface area contributed by atoms with E-state index in [1.807, 2.05) is 16.7 Å². The Morgan fingerprint density at radius 2 is 2.12 bits per heavy atom. The van der Waals surface area contributed by atoms with E-state index in [2.05, 4.69) is 15.3 Å². The molecule has 2 heterocycles. The van der Waals surface area contributed by atoms with Crippen LogP contribution in [0.25, 0.3) is 11.2 Å². The van der Waals surface area contributed by atoms with Crippen LogP contribution in [0.3, 0.4) is 0 Å². The molecule has 0 bridgehead atoms. The van der Waals surface area contributed by atoms with Gasteiger partial charge in [-0.1, -0.05) is 11.8 Å². The van der Waals surface area contributed by atoms with Crippen molar-refractivity contribution >= 4 is 34.5 Å². The molecule has 8 heteroatoms. The first-order valence-electron chi connectivity index (χ1n) is 7.66. The molecule has 25 heavy (non-hydrogen) atoms. The fourth-order valence-corrected chi connectivity index (χ4v) is 3.12. The normalized spacial score (nSPS) is 11.0. The number of ether oxygens (including phenoxy) is 1. The minimum atomic E-state index is -0.341. The fraction of sp³-hybridized carbons (Fsp3) is 0.235. The molecule has 3 aromatic rings. The molecule has 2 aromatic heterocycles. The molecule has 0 aliphatic rings. The van der Waals surface area contributed by atoms with E-state index in [4.69, 9.17) is 4.74 Å². The Bertz CT molecular complexity index is 867. The predicted molar refractivity (Wildman–Crippen MR) is 95.2 cm³/mol. The van der Waals surface area contributed by atoms with Gasteiger partial charge >= 0.3 is 0 Å². The molecular formula is C17H17FN4O2S. The Balaban J connectivity index is 1.69. The number of hydrogen-bond acceptors (Lipinski definition) is 5. The van der Waals surface area contributed by atoms with Crippen LogP contribution in [0.1, 0.15) is 0 Å². The highest BCUT2D eigenvalue weighted by Crippen LogP contribution is 2.23. The lowest BCUT2D eigenvalue weighted by Gasteiger charge is -2.08. The van der Waals surface area contributed by atoms with Gasteiger partial charge in [-0.25, -0.2) is 14.4 Å². The number of rotatable bonds is 7. The Morgan fingerprint density at radius 3 is 2.88 bits per heavy atom. The molecule has 0 radical (unpaired) electrons. The van der Waals surface area contributed by atoms with Crippen LogP contribution >= 0.6 is 11.8 Å². The molecule has 6 nitrogen and oxygen atoms in total. The number of thioether (sulfide) groups is 1. The third kappa shape index (κ3) is 4.34. The predicted octanol–water partition coefficient (Wildman–Crippen LogP) is 2.95. The van der Waals surface area contributed by atoms with Crippen molar-refractivity contribution in [2.24, 2.45) is 0 Å². The van der Waals surface area contributed by atoms with Crippen LogP contribution in [0.15, 0.2) is 47.8 Å². The zero-order valence-electron chi connectivity index (χ0n) is 13.6. The van der Waals surface area contributed by atoms with Crippen LogP contribution < -0.4 is 5.32 Å². The number of halogens is 1. The van der Waals surface area contributed by atoms with E-state index >= 15 is 0 Å². The van der Waals surface area contributed by atoms with Crippen molar-refractivity contribution in [2.45, 2.75) is 11.7 Å². The van der Waals surface area contributed by atoms with Gasteiger partial charge in [-0.3, -0.25) is 4.79 Å². The summed E-state index contributed by atoms with van der Waals surface area (Å²) < 4.78 is 20.0. The van der Waals surface area contributed by atoms with Crippen molar-refractivity contribution in [1.82, 2.24) is 14.5 Å². The minimum absolute atomic E-state index is 0.185. The van der Waals surface area contributed by atoms with Crippen molar-refractivity contribution in [3.05, 3.63) is 48.4 Å². The summed E-state index contributed by atoms with van der Waals surface area (Å²) in [5.41, 5.74) is 2.10. The number of amides is 1. The molecular weight excluding hydrogens is 343 g/mol. The Hall–Kier alpha value is -2.45. The number of hydrogen-bond donors (Lipinski definition) is 1. The molecule has 0 aliphatic heterocycles. The Kier molecular flexibility index (Phi) is 5.62. The topological polar surface area (TPSA) is 69.0 Å². The summed E-state index contributed by atoms with van der Waals surface area (Å²) in [6.45, 7) is 1.13. The number of aromatic nitrogens is 3. The Morgan fingerprint density at radius 1 is 1.32 bits per heavy atom. The zero-order chi connectivity index (χ0) is 17.6. The molecule has 130 valence electrons. The number of imidazole rings is 1. The van der Waals surface area contributed by atoms with E-state index < -0.39 is 0 Å². The zero-order valence-corrected chi connectivity index (χ0v) is 14.4. The average Bonchev–Trinajstić information content (AvgIpc) is 2.98. The molecule has 0 saturated heterocycles. The van der Waals surface area contributed by atoms with E-state index in [9.17, 15) is 9.18 Å². The van der Waals surface area contributed by atoms with Crippen LogP contribution in [0.5, 0.6) is 0 Å². The number of fused-ring (bicyclic) bond motifs is 1. The third-order valence-corrected chi connectivity index (χ3v) is 4.42. The number of anilines is 1. The number of nitrogens with zero attached hydrogens (tertiary/aromatic N) is 3. The monoisotopic (exact) mass is 360 g/mol. The van der Waals surface area contributed by atoms with Crippen LogP contribution in [-0.2, 0) is 16.1 Å². The summed E-state index contributed by atoms with van der Waals surface area (Å²) in [6.07, 6.45) is 1.71. The third-order valence-electron chi connectivity index (χ3n) is 3.45. The van der Waals surface area contributed by atoms with Crippen molar-refractivity contribution in [1.29, 1.82) is 0 Å². The molecule has 0 fully saturated rings. The van der Waals surface area contributed by atoms with Gasteiger partial charge in [-0.2, -0.15) is 0 Å². The maximum atomic E-state index is 12.9. The van der Waals surface area contributed by atoms with Crippen LogP contribution in [0, 0.1) is 5.82 Å². The fourth-order valence-electron chi connectivity index (χ4n) is 2.29. The van der Waals surface area contributed by atoms with E-state index in [1.165, 1.54) is 36.0 Å². The number of methoxy groups -OCH3 is 1. The first-order valence-corrected chi connectivity index (χ1v) is 8.64. The first-order chi connectivity index (χ1) is 12.2. The maximum absolute atomic E-state index is 12.9. The van der Waals surface area contributed by atoms with Crippen LogP contribution in [0.2, 0.25) is 0 Å². The highest BCUT2D eigenvalue weighted by Gasteiger charge is 2.13. The van der Waals surface area contributed by atoms with Gasteiger partial charge in [0.05, 0.1) is 18.9 Å². The highest BCUT2D eigenvalue weighted by molar-refractivity contribution is 7.99. The number of nitrogens with one attached hydrogen (secondary N) is 1. The van der Waals surface area contributed by atoms with E-state index in [0.29, 0.717) is 24.0 Å². The van der Waals surface area contributed by atoms with Gasteiger partial charge < -0.3 is 14.6 Å². The lowest BCUT2D eigenvalue weighted by molar-refractivity contribution is -0.113. The second-order valence-electron chi connectivity index (χ2n) is 5.23. The molecule has 0 aliphatic carbocycles. The highest BCUT2D eigenvalue weighted by atomic mass is 32.2. The summed E-state index contributed by atoms with van der Waals surface area (Å²) in [4.78, 5) is 21.0. The van der Waals surface area contributed by atoms with Gasteiger partial charge in [-0.15, -0.1) is 0 Å². The van der Waals surface area contributed by atoms with E-state index in [-0.39, 0.29) is 17.5 Å². The number of carbonyl (C=O) groups is 1. The quantitative estimate of drug-likeness (QED) is 0.656. The summed E-state index contributed by atoms with van der Waals surface area (Å²) in [5.74, 6) is -0.338. The van der Waals surface area contributed by atoms with E-state index in [1.54, 1.807) is 13.3 Å². The minimum Gasteiger partial charge on any atom is -0.383 e. The van der Waals surface area contributed by atoms with Crippen LogP contribution in [0.4, 0.5) is 10.1 Å². The summed E-state index contributed by atoms with van der Waals surface area (Å²) in [5, 5.41) is 3.44. The molecule has 1 aromatic carbocycles. The molecule has 1 amide bonds. The van der Waals surface area contributed by atoms with Gasteiger partial charge in [0.1, 0.15) is 11.3 Å². The smallest absolute Gasteiger partial charge is 0.234 e. The number of benzene rings is 1. The molecule has 1 N–H and O–H groups in total. The first kappa shape index (κ1) is 17.4. The summed E-state index contributed by atoms with van der Waals surface area (Å²) >= 11 is 1.32. The number of pyridine rings is 1. The van der Waals surface area contributed by atoms with Crippen LogP contribution in [-0.4, -0.2) is 39.9 Å². The molecule has 0 saturated carbocycles. The van der Waals surface area contributed by atoms with Crippen molar-refractivity contribution in [3.8, 4) is 0 Å². The molecule has 3 rings (SSSR count). The van der Waals surface area contributed by atoms with E-state index in [0.717, 1.165) is 11.2 Å². The Labute approximate surface area is 148 Å². The largest absolute Gasteiger partial charge is 0.383 e. The summed E-state index contributed by atoms with van der Waals surface area (Å²) in [6, 6.07) is 9.36. The lowest BCUT2D eigenvalue weighted by atomic mass is 10.3. The second-order valence-corrected chi connectivity index (χ2v) is 6.17. The molecule has 0 atom stereocenters. The lowest BCUT2D eigenvalue weighted by Crippen LogP contribution is -2.15. The van der Waals surface area contributed by atoms with Gasteiger partial charge in [0.2, 0.25) is 5.91 Å². The van der Waals surface area contributed by atoms with Crippen molar-refractivity contribution in [2.75, 3.05) is 24.8 Å². The summed E-state index contributed by atoms with van der Waals surface area (Å²) in [7, 11) is 1.63. The average molecular weight is 360 g/mol. The van der Waals surface area contributed by atoms with Gasteiger partial charge in [0.25, 0.3) is 0 Å². The van der Waals surface area contributed by atoms with Crippen molar-refractivity contribution in [3.63, 3.8) is 0 Å². The number of carbonyl (C=O) groups excluding carboxylic acids is 1. The maximum Gasteiger partial charge on any atom is 0.234 e. The molecule has 0 spiro atoms. The van der Waals surface area contributed by atoms with Crippen molar-refractivity contribution < 1.29 is 13.9 Å². The second kappa shape index (κ2) is 8.09. The standard InChI is InChI=1S/C17H17FN4O2S/c1-24-10-9-22-16-14(3-2-8-19-16)21-17(22)25-11-15(23)20-13-6-4-12(18)5-7-13/h2-8H,9-11H2,1H3,(H,20,23). The van der Waals surface area contributed by atoms with Gasteiger partial charge in [0.15, 0.2) is 10.8 Å². The van der Waals surface area contributed by atoms with Gasteiger partial charge in [0, 0.05) is 19.0 Å². The molecule has 0 unspecified atom stereocenters.